The first-order valence-electron chi connectivity index (χ1n) is 6.84. The van der Waals surface area contributed by atoms with E-state index in [-0.39, 0.29) is 0 Å². The van der Waals surface area contributed by atoms with Crippen LogP contribution in [-0.2, 0) is 4.74 Å². The summed E-state index contributed by atoms with van der Waals surface area (Å²) in [5.74, 6) is -0.436. The molecule has 7 heteroatoms. The molecule has 116 valence electrons. The maximum Gasteiger partial charge on any atom is 0.338 e. The van der Waals surface area contributed by atoms with E-state index >= 15 is 0 Å². The van der Waals surface area contributed by atoms with Crippen LogP contribution < -0.4 is 0 Å². The Morgan fingerprint density at radius 2 is 1.68 bits per heavy atom. The molecule has 1 rings (SSSR count). The molecule has 0 fully saturated rings. The van der Waals surface area contributed by atoms with Gasteiger partial charge < -0.3 is 9.64 Å². The van der Waals surface area contributed by atoms with Crippen LogP contribution in [0.3, 0.4) is 0 Å². The van der Waals surface area contributed by atoms with Crippen molar-refractivity contribution in [2.75, 3.05) is 26.2 Å². The van der Waals surface area contributed by atoms with Gasteiger partial charge in [0, 0.05) is 6.54 Å². The summed E-state index contributed by atoms with van der Waals surface area (Å²) in [4.78, 5) is 22.0. The van der Waals surface area contributed by atoms with Crippen molar-refractivity contribution in [3.05, 3.63) is 23.8 Å². The fraction of sp³-hybridized carbons (Fsp3) is 0.400. The van der Waals surface area contributed by atoms with E-state index in [0.717, 1.165) is 13.1 Å². The maximum absolute atomic E-state index is 12.1. The second-order valence-corrected chi connectivity index (χ2v) is 4.67. The number of isothiocyanates is 2. The van der Waals surface area contributed by atoms with Crippen molar-refractivity contribution in [2.24, 2.45) is 9.98 Å². The molecule has 0 aromatic heterocycles. The van der Waals surface area contributed by atoms with Gasteiger partial charge in [-0.3, -0.25) is 0 Å². The topological polar surface area (TPSA) is 54.3 Å². The summed E-state index contributed by atoms with van der Waals surface area (Å²) in [5, 5.41) is 4.51. The van der Waals surface area contributed by atoms with Gasteiger partial charge in [-0.25, -0.2) is 4.79 Å². The Bertz CT molecular complexity index is 581. The minimum Gasteiger partial charge on any atom is -0.461 e. The zero-order chi connectivity index (χ0) is 16.4. The molecule has 0 N–H and O–H groups in total. The average Bonchev–Trinajstić information content (AvgIpc) is 2.52. The Labute approximate surface area is 140 Å². The van der Waals surface area contributed by atoms with Gasteiger partial charge in [-0.2, -0.15) is 9.98 Å². The van der Waals surface area contributed by atoms with Crippen LogP contribution in [0.4, 0.5) is 11.4 Å². The van der Waals surface area contributed by atoms with Gasteiger partial charge in [0.15, 0.2) is 0 Å². The number of hydrogen-bond donors (Lipinski definition) is 0. The van der Waals surface area contributed by atoms with Crippen molar-refractivity contribution in [3.8, 4) is 0 Å². The summed E-state index contributed by atoms with van der Waals surface area (Å²) in [6, 6.07) is 4.77. The van der Waals surface area contributed by atoms with Crippen LogP contribution in [0.15, 0.2) is 28.2 Å². The summed E-state index contributed by atoms with van der Waals surface area (Å²) in [5.41, 5.74) is 1.28. The molecular formula is C15H17N3O2S2. The normalized spacial score (nSPS) is 9.77. The second-order valence-electron chi connectivity index (χ2n) is 4.31. The fourth-order valence-electron chi connectivity index (χ4n) is 1.84. The standard InChI is InChI=1S/C15H17N3O2S2/c1-3-18(4-2)5-6-20-15(19)12-7-13(16-10-21)9-14(8-12)17-11-22/h7-9H,3-6H2,1-2H3. The number of thiocarbonyl (C=S) groups is 2. The van der Waals surface area contributed by atoms with Crippen molar-refractivity contribution in [1.29, 1.82) is 0 Å². The summed E-state index contributed by atoms with van der Waals surface area (Å²) in [6.45, 7) is 6.98. The van der Waals surface area contributed by atoms with Gasteiger partial charge in [0.2, 0.25) is 0 Å². The van der Waals surface area contributed by atoms with Crippen molar-refractivity contribution >= 4 is 52.1 Å². The Morgan fingerprint density at radius 3 is 2.14 bits per heavy atom. The van der Waals surface area contributed by atoms with E-state index < -0.39 is 5.97 Å². The molecule has 1 aromatic rings. The molecule has 0 aliphatic rings. The van der Waals surface area contributed by atoms with E-state index in [4.69, 9.17) is 4.74 Å². The van der Waals surface area contributed by atoms with Crippen molar-refractivity contribution in [2.45, 2.75) is 13.8 Å². The van der Waals surface area contributed by atoms with Crippen LogP contribution in [0.5, 0.6) is 0 Å². The smallest absolute Gasteiger partial charge is 0.338 e. The number of esters is 1. The number of aliphatic imine (C=N–C) groups is 2. The zero-order valence-electron chi connectivity index (χ0n) is 12.5. The maximum atomic E-state index is 12.1. The van der Waals surface area contributed by atoms with Gasteiger partial charge in [-0.1, -0.05) is 13.8 Å². The molecule has 0 saturated heterocycles. The van der Waals surface area contributed by atoms with Crippen molar-refractivity contribution in [1.82, 2.24) is 4.90 Å². The molecule has 1 aromatic carbocycles. The number of nitrogens with zero attached hydrogens (tertiary/aromatic N) is 3. The number of ether oxygens (including phenoxy) is 1. The molecule has 0 aliphatic carbocycles. The lowest BCUT2D eigenvalue weighted by molar-refractivity contribution is 0.0466. The van der Waals surface area contributed by atoms with Crippen LogP contribution in [0.1, 0.15) is 24.2 Å². The van der Waals surface area contributed by atoms with Crippen molar-refractivity contribution in [3.63, 3.8) is 0 Å². The first-order chi connectivity index (χ1) is 10.6. The van der Waals surface area contributed by atoms with Crippen LogP contribution in [0.2, 0.25) is 0 Å². The SMILES string of the molecule is CCN(CC)CCOC(=O)c1cc(N=C=S)cc(N=C=S)c1. The highest BCUT2D eigenvalue weighted by molar-refractivity contribution is 7.78. The number of likely N-dealkylation sites (N-methyl/N-ethyl adjacent to an activating group) is 1. The molecule has 0 spiro atoms. The predicted octanol–water partition coefficient (Wildman–Crippen LogP) is 3.65. The third-order valence-electron chi connectivity index (χ3n) is 3.02. The predicted molar refractivity (Wildman–Crippen MR) is 93.9 cm³/mol. The lowest BCUT2D eigenvalue weighted by atomic mass is 10.2. The molecule has 0 unspecified atom stereocenters. The summed E-state index contributed by atoms with van der Waals surface area (Å²) in [6.07, 6.45) is 0. The second kappa shape index (κ2) is 10.1. The lowest BCUT2D eigenvalue weighted by Crippen LogP contribution is -2.27. The number of hydrogen-bond acceptors (Lipinski definition) is 7. The van der Waals surface area contributed by atoms with Gasteiger partial charge >= 0.3 is 5.97 Å². The van der Waals surface area contributed by atoms with Gasteiger partial charge in [-0.05, 0) is 55.7 Å². The van der Waals surface area contributed by atoms with E-state index in [9.17, 15) is 4.79 Å². The van der Waals surface area contributed by atoms with Crippen LogP contribution in [0.25, 0.3) is 0 Å². The van der Waals surface area contributed by atoms with E-state index in [0.29, 0.717) is 30.1 Å². The van der Waals surface area contributed by atoms with E-state index in [1.54, 1.807) is 18.2 Å². The zero-order valence-corrected chi connectivity index (χ0v) is 14.2. The fourth-order valence-corrected chi connectivity index (χ4v) is 2.05. The highest BCUT2D eigenvalue weighted by Crippen LogP contribution is 2.23. The average molecular weight is 335 g/mol. The Hall–Kier alpha value is -1.75. The number of carbonyl (C=O) groups is 1. The van der Waals surface area contributed by atoms with E-state index in [2.05, 4.69) is 63.5 Å². The van der Waals surface area contributed by atoms with Crippen molar-refractivity contribution < 1.29 is 9.53 Å². The molecule has 0 atom stereocenters. The van der Waals surface area contributed by atoms with Crippen LogP contribution in [-0.4, -0.2) is 47.4 Å². The highest BCUT2D eigenvalue weighted by atomic mass is 32.1. The Morgan fingerprint density at radius 1 is 1.14 bits per heavy atom. The molecule has 0 amide bonds. The summed E-state index contributed by atoms with van der Waals surface area (Å²) in [7, 11) is 0. The molecule has 0 heterocycles. The number of carbonyl (C=O) groups excluding carboxylic acids is 1. The molecule has 0 saturated carbocycles. The first-order valence-corrected chi connectivity index (χ1v) is 7.66. The highest BCUT2D eigenvalue weighted by Gasteiger charge is 2.11. The van der Waals surface area contributed by atoms with Crippen LogP contribution >= 0.6 is 24.4 Å². The molecule has 22 heavy (non-hydrogen) atoms. The Kier molecular flexibility index (Phi) is 8.36. The van der Waals surface area contributed by atoms with Gasteiger partial charge in [0.25, 0.3) is 0 Å². The van der Waals surface area contributed by atoms with Gasteiger partial charge in [-0.15, -0.1) is 0 Å². The monoisotopic (exact) mass is 335 g/mol. The molecule has 0 aliphatic heterocycles. The minimum absolute atomic E-state index is 0.326. The molecular weight excluding hydrogens is 318 g/mol. The minimum atomic E-state index is -0.436. The summed E-state index contributed by atoms with van der Waals surface area (Å²) < 4.78 is 5.27. The quantitative estimate of drug-likeness (QED) is 0.412. The Balaban J connectivity index is 2.83. The number of benzene rings is 1. The van der Waals surface area contributed by atoms with Gasteiger partial charge in [0.1, 0.15) is 6.61 Å². The number of rotatable bonds is 8. The summed E-state index contributed by atoms with van der Waals surface area (Å²) >= 11 is 9.14. The van der Waals surface area contributed by atoms with E-state index in [1.165, 1.54) is 0 Å². The third-order valence-corrected chi connectivity index (χ3v) is 3.21. The molecule has 5 nitrogen and oxygen atoms in total. The van der Waals surface area contributed by atoms with Gasteiger partial charge in [0.05, 0.1) is 27.3 Å². The molecule has 0 bridgehead atoms. The third kappa shape index (κ3) is 5.93. The lowest BCUT2D eigenvalue weighted by Gasteiger charge is -2.17. The van der Waals surface area contributed by atoms with E-state index in [1.807, 2.05) is 0 Å². The first kappa shape index (κ1) is 18.3. The van der Waals surface area contributed by atoms with Crippen LogP contribution in [0, 0.1) is 0 Å². The molecule has 0 radical (unpaired) electrons. The largest absolute Gasteiger partial charge is 0.461 e.